The number of nitrogens with zero attached hydrogens (tertiary/aromatic N) is 5. The lowest BCUT2D eigenvalue weighted by Crippen LogP contribution is -2.59. The molecule has 2 heterocycles. The first-order valence-electron chi connectivity index (χ1n) is 9.28. The molecule has 0 saturated carbocycles. The number of non-ortho nitro benzene ring substituents is 1. The molecule has 9 nitrogen and oxygen atoms in total. The number of ether oxygens (including phenoxy) is 1. The Kier molecular flexibility index (Phi) is 5.51. The minimum absolute atomic E-state index is 0.0185. The summed E-state index contributed by atoms with van der Waals surface area (Å²) in [6.45, 7) is 8.57. The summed E-state index contributed by atoms with van der Waals surface area (Å²) in [4.78, 5) is 10.3. The Balaban J connectivity index is 1.57. The van der Waals surface area contributed by atoms with Crippen LogP contribution in [0.1, 0.15) is 51.8 Å². The molecule has 28 heavy (non-hydrogen) atoms. The summed E-state index contributed by atoms with van der Waals surface area (Å²) in [5, 5.41) is 32.6. The van der Waals surface area contributed by atoms with Gasteiger partial charge in [-0.2, -0.15) is 0 Å². The minimum atomic E-state index is -0.472. The van der Waals surface area contributed by atoms with Gasteiger partial charge < -0.3 is 4.74 Å². The Bertz CT molecular complexity index is 813. The number of nitro groups is 1. The lowest BCUT2D eigenvalue weighted by atomic mass is 9.80. The van der Waals surface area contributed by atoms with E-state index in [2.05, 4.69) is 10.3 Å². The summed E-state index contributed by atoms with van der Waals surface area (Å²) in [5.74, 6) is 0. The van der Waals surface area contributed by atoms with E-state index in [1.165, 1.54) is 17.2 Å². The summed E-state index contributed by atoms with van der Waals surface area (Å²) >= 11 is 0. The molecule has 2 aromatic rings. The maximum Gasteiger partial charge on any atom is 0.269 e. The molecule has 1 aliphatic heterocycles. The van der Waals surface area contributed by atoms with Crippen LogP contribution in [0.5, 0.6) is 0 Å². The van der Waals surface area contributed by atoms with Gasteiger partial charge in [-0.3, -0.25) is 10.1 Å². The number of aromatic nitrogens is 3. The van der Waals surface area contributed by atoms with E-state index in [1.807, 2.05) is 27.7 Å². The first-order valence-corrected chi connectivity index (χ1v) is 9.28. The number of benzene rings is 1. The van der Waals surface area contributed by atoms with Crippen molar-refractivity contribution in [1.82, 2.24) is 20.1 Å². The van der Waals surface area contributed by atoms with Crippen LogP contribution in [0, 0.1) is 10.1 Å². The Morgan fingerprint density at radius 1 is 1.18 bits per heavy atom. The lowest BCUT2D eigenvalue weighted by molar-refractivity contribution is -0.384. The van der Waals surface area contributed by atoms with Crippen LogP contribution in [-0.2, 0) is 23.1 Å². The van der Waals surface area contributed by atoms with Crippen LogP contribution in [0.15, 0.2) is 30.5 Å². The van der Waals surface area contributed by atoms with Crippen LogP contribution in [-0.4, -0.2) is 42.2 Å². The van der Waals surface area contributed by atoms with Crippen LogP contribution >= 0.6 is 0 Å². The zero-order valence-electron chi connectivity index (χ0n) is 16.7. The number of hydroxylamine groups is 2. The molecule has 1 fully saturated rings. The van der Waals surface area contributed by atoms with Crippen molar-refractivity contribution in [3.05, 3.63) is 51.8 Å². The fraction of sp³-hybridized carbons (Fsp3) is 0.579. The number of hydrogen-bond donors (Lipinski definition) is 0. The highest BCUT2D eigenvalue weighted by Gasteiger charge is 2.46. The van der Waals surface area contributed by atoms with Crippen molar-refractivity contribution in [2.24, 2.45) is 0 Å². The van der Waals surface area contributed by atoms with Gasteiger partial charge in [0, 0.05) is 23.2 Å². The van der Waals surface area contributed by atoms with E-state index in [9.17, 15) is 15.3 Å². The number of rotatable bonds is 6. The predicted molar refractivity (Wildman–Crippen MR) is 101 cm³/mol. The van der Waals surface area contributed by atoms with E-state index in [1.54, 1.807) is 23.0 Å². The van der Waals surface area contributed by atoms with Crippen LogP contribution in [0.25, 0.3) is 0 Å². The average Bonchev–Trinajstić information content (AvgIpc) is 3.05. The van der Waals surface area contributed by atoms with Crippen molar-refractivity contribution in [3.8, 4) is 0 Å². The standard InChI is InChI=1S/C19H26N5O4/c1-18(2)9-17(10-19(3,4)24(18)27)28-13-15-12-22(21-20-15)11-14-5-7-16(8-6-14)23(25)26/h5-8,12,17H,9-11,13H2,1-4H3. The Hall–Kier alpha value is -2.36. The van der Waals surface area contributed by atoms with Crippen molar-refractivity contribution in [2.75, 3.05) is 0 Å². The summed E-state index contributed by atoms with van der Waals surface area (Å²) < 4.78 is 7.71. The van der Waals surface area contributed by atoms with Gasteiger partial charge >= 0.3 is 0 Å². The van der Waals surface area contributed by atoms with Gasteiger partial charge in [0.2, 0.25) is 0 Å². The average molecular weight is 388 g/mol. The zero-order chi connectivity index (χ0) is 20.5. The fourth-order valence-electron chi connectivity index (χ4n) is 3.88. The molecule has 1 radical (unpaired) electrons. The molecule has 0 unspecified atom stereocenters. The quantitative estimate of drug-likeness (QED) is 0.556. The molecule has 9 heteroatoms. The Morgan fingerprint density at radius 2 is 1.79 bits per heavy atom. The molecule has 0 spiro atoms. The number of nitro benzene ring substituents is 1. The summed E-state index contributed by atoms with van der Waals surface area (Å²) in [6, 6.07) is 6.36. The van der Waals surface area contributed by atoms with E-state index in [0.29, 0.717) is 31.7 Å². The molecule has 1 saturated heterocycles. The van der Waals surface area contributed by atoms with E-state index in [-0.39, 0.29) is 11.8 Å². The van der Waals surface area contributed by atoms with Crippen LogP contribution in [0.3, 0.4) is 0 Å². The molecule has 1 aliphatic rings. The van der Waals surface area contributed by atoms with Crippen LogP contribution < -0.4 is 0 Å². The molecule has 0 N–H and O–H groups in total. The normalized spacial score (nSPS) is 19.6. The third kappa shape index (κ3) is 4.54. The monoisotopic (exact) mass is 388 g/mol. The minimum Gasteiger partial charge on any atom is -0.372 e. The molecule has 1 aromatic heterocycles. The van der Waals surface area contributed by atoms with Crippen molar-refractivity contribution in [3.63, 3.8) is 0 Å². The highest BCUT2D eigenvalue weighted by molar-refractivity contribution is 5.32. The van der Waals surface area contributed by atoms with Crippen molar-refractivity contribution in [2.45, 2.75) is 70.9 Å². The predicted octanol–water partition coefficient (Wildman–Crippen LogP) is 3.12. The molecule has 0 bridgehead atoms. The van der Waals surface area contributed by atoms with Gasteiger partial charge in [-0.25, -0.2) is 4.68 Å². The van der Waals surface area contributed by atoms with Gasteiger partial charge in [-0.15, -0.1) is 15.4 Å². The van der Waals surface area contributed by atoms with Crippen LogP contribution in [0.2, 0.25) is 0 Å². The summed E-state index contributed by atoms with van der Waals surface area (Å²) in [7, 11) is 0. The summed E-state index contributed by atoms with van der Waals surface area (Å²) in [5.41, 5.74) is 0.725. The van der Waals surface area contributed by atoms with Crippen molar-refractivity contribution < 1.29 is 14.9 Å². The van der Waals surface area contributed by atoms with Gasteiger partial charge in [-0.1, -0.05) is 17.3 Å². The van der Waals surface area contributed by atoms with Crippen LogP contribution in [0.4, 0.5) is 5.69 Å². The molecule has 151 valence electrons. The second kappa shape index (κ2) is 7.57. The number of hydrogen-bond acceptors (Lipinski definition) is 6. The second-order valence-electron chi connectivity index (χ2n) is 8.59. The Labute approximate surface area is 164 Å². The Morgan fingerprint density at radius 3 is 2.36 bits per heavy atom. The first kappa shape index (κ1) is 20.4. The van der Waals surface area contributed by atoms with Gasteiger partial charge in [-0.05, 0) is 46.1 Å². The van der Waals surface area contributed by atoms with Gasteiger partial charge in [0.05, 0.1) is 30.4 Å². The third-order valence-corrected chi connectivity index (χ3v) is 5.10. The SMILES string of the molecule is CC1(C)CC(OCc2cn(Cc3ccc([N+](=O)[O-])cc3)nn2)CC(C)(C)N1[O]. The molecule has 0 aliphatic carbocycles. The maximum absolute atomic E-state index is 12.4. The summed E-state index contributed by atoms with van der Waals surface area (Å²) in [6.07, 6.45) is 3.11. The van der Waals surface area contributed by atoms with E-state index in [0.717, 1.165) is 5.56 Å². The van der Waals surface area contributed by atoms with Gasteiger partial charge in [0.25, 0.3) is 5.69 Å². The van der Waals surface area contributed by atoms with Crippen molar-refractivity contribution in [1.29, 1.82) is 0 Å². The molecular formula is C19H26N5O4. The van der Waals surface area contributed by atoms with E-state index in [4.69, 9.17) is 4.74 Å². The largest absolute Gasteiger partial charge is 0.372 e. The van der Waals surface area contributed by atoms with Gasteiger partial charge in [0.15, 0.2) is 0 Å². The van der Waals surface area contributed by atoms with E-state index >= 15 is 0 Å². The highest BCUT2D eigenvalue weighted by Crippen LogP contribution is 2.38. The fourth-order valence-corrected chi connectivity index (χ4v) is 3.88. The highest BCUT2D eigenvalue weighted by atomic mass is 16.6. The first-order chi connectivity index (χ1) is 13.1. The lowest BCUT2D eigenvalue weighted by Gasteiger charge is -2.49. The molecule has 3 rings (SSSR count). The molecular weight excluding hydrogens is 362 g/mol. The van der Waals surface area contributed by atoms with E-state index < -0.39 is 16.0 Å². The topological polar surface area (TPSA) is 106 Å². The third-order valence-electron chi connectivity index (χ3n) is 5.10. The molecule has 0 amide bonds. The smallest absolute Gasteiger partial charge is 0.269 e. The zero-order valence-corrected chi connectivity index (χ0v) is 16.7. The maximum atomic E-state index is 12.4. The second-order valence-corrected chi connectivity index (χ2v) is 8.59. The van der Waals surface area contributed by atoms with Gasteiger partial charge in [0.1, 0.15) is 5.69 Å². The molecule has 1 aromatic carbocycles. The molecule has 0 atom stereocenters. The number of piperidine rings is 1. The van der Waals surface area contributed by atoms with Crippen molar-refractivity contribution >= 4 is 5.69 Å².